The number of nitrogens with zero attached hydrogens (tertiary/aromatic N) is 3. The van der Waals surface area contributed by atoms with Crippen LogP contribution in [0.3, 0.4) is 0 Å². The summed E-state index contributed by atoms with van der Waals surface area (Å²) in [5.74, 6) is 0. The van der Waals surface area contributed by atoms with E-state index in [0.29, 0.717) is 10.7 Å². The SMILES string of the molecule is CSc1ccc(-c2cc(C#N)nn2-c2ccccc2Cl)cc1. The topological polar surface area (TPSA) is 41.6 Å². The van der Waals surface area contributed by atoms with Gasteiger partial charge in [-0.15, -0.1) is 11.8 Å². The van der Waals surface area contributed by atoms with E-state index in [-0.39, 0.29) is 0 Å². The van der Waals surface area contributed by atoms with Gasteiger partial charge in [0.15, 0.2) is 5.69 Å². The van der Waals surface area contributed by atoms with Gasteiger partial charge in [0.25, 0.3) is 0 Å². The van der Waals surface area contributed by atoms with Gasteiger partial charge >= 0.3 is 0 Å². The summed E-state index contributed by atoms with van der Waals surface area (Å²) in [4.78, 5) is 1.19. The molecule has 0 unspecified atom stereocenters. The Morgan fingerprint density at radius 2 is 1.86 bits per heavy atom. The number of aromatic nitrogens is 2. The molecule has 0 amide bonds. The summed E-state index contributed by atoms with van der Waals surface area (Å²) < 4.78 is 1.72. The molecule has 3 rings (SSSR count). The molecule has 3 nitrogen and oxygen atoms in total. The van der Waals surface area contributed by atoms with Gasteiger partial charge in [-0.2, -0.15) is 10.4 Å². The minimum absolute atomic E-state index is 0.365. The monoisotopic (exact) mass is 325 g/mol. The van der Waals surface area contributed by atoms with E-state index in [9.17, 15) is 0 Å². The van der Waals surface area contributed by atoms with Crippen molar-refractivity contribution in [1.29, 1.82) is 5.26 Å². The maximum atomic E-state index is 9.16. The van der Waals surface area contributed by atoms with Crippen molar-refractivity contribution in [2.45, 2.75) is 4.90 Å². The molecule has 1 heterocycles. The van der Waals surface area contributed by atoms with Gasteiger partial charge in [0.05, 0.1) is 16.4 Å². The van der Waals surface area contributed by atoms with Gasteiger partial charge in [0.1, 0.15) is 6.07 Å². The van der Waals surface area contributed by atoms with Crippen LogP contribution in [-0.4, -0.2) is 16.0 Å². The fourth-order valence-electron chi connectivity index (χ4n) is 2.21. The molecule has 22 heavy (non-hydrogen) atoms. The lowest BCUT2D eigenvalue weighted by molar-refractivity contribution is 0.880. The van der Waals surface area contributed by atoms with Crippen LogP contribution in [0.2, 0.25) is 5.02 Å². The van der Waals surface area contributed by atoms with Crippen LogP contribution in [-0.2, 0) is 0 Å². The van der Waals surface area contributed by atoms with Crippen molar-refractivity contribution < 1.29 is 0 Å². The van der Waals surface area contributed by atoms with Gasteiger partial charge in [0, 0.05) is 16.5 Å². The second kappa shape index (κ2) is 6.27. The molecule has 0 bridgehead atoms. The zero-order valence-electron chi connectivity index (χ0n) is 11.8. The molecule has 0 spiro atoms. The van der Waals surface area contributed by atoms with E-state index in [1.807, 2.05) is 42.7 Å². The van der Waals surface area contributed by atoms with Gasteiger partial charge in [-0.25, -0.2) is 4.68 Å². The molecule has 0 aliphatic carbocycles. The average molecular weight is 326 g/mol. The van der Waals surface area contributed by atoms with E-state index >= 15 is 0 Å². The van der Waals surface area contributed by atoms with Crippen molar-refractivity contribution in [3.05, 3.63) is 65.3 Å². The molecule has 0 fully saturated rings. The number of hydrogen-bond acceptors (Lipinski definition) is 3. The Balaban J connectivity index is 2.17. The smallest absolute Gasteiger partial charge is 0.163 e. The number of para-hydroxylation sites is 1. The highest BCUT2D eigenvalue weighted by atomic mass is 35.5. The van der Waals surface area contributed by atoms with E-state index in [2.05, 4.69) is 23.3 Å². The number of rotatable bonds is 3. The van der Waals surface area contributed by atoms with Crippen LogP contribution >= 0.6 is 23.4 Å². The second-order valence-corrected chi connectivity index (χ2v) is 5.91. The summed E-state index contributed by atoms with van der Waals surface area (Å²) >= 11 is 7.96. The van der Waals surface area contributed by atoms with Crippen LogP contribution in [0.25, 0.3) is 16.9 Å². The Morgan fingerprint density at radius 1 is 1.14 bits per heavy atom. The first-order valence-corrected chi connectivity index (χ1v) is 8.22. The molecule has 0 saturated carbocycles. The molecule has 3 aromatic rings. The molecule has 0 atom stereocenters. The minimum Gasteiger partial charge on any atom is -0.230 e. The highest BCUT2D eigenvalue weighted by Crippen LogP contribution is 2.28. The van der Waals surface area contributed by atoms with Crippen molar-refractivity contribution in [3.63, 3.8) is 0 Å². The van der Waals surface area contributed by atoms with Crippen LogP contribution in [0.5, 0.6) is 0 Å². The lowest BCUT2D eigenvalue weighted by Gasteiger charge is -2.09. The predicted octanol–water partition coefficient (Wildman–Crippen LogP) is 4.79. The molecule has 5 heteroatoms. The standard InChI is InChI=1S/C17H12ClN3S/c1-22-14-8-6-12(7-9-14)17-10-13(11-19)20-21(17)16-5-3-2-4-15(16)18/h2-10H,1H3. The van der Waals surface area contributed by atoms with Crippen LogP contribution < -0.4 is 0 Å². The maximum Gasteiger partial charge on any atom is 0.163 e. The fraction of sp³-hybridized carbons (Fsp3) is 0.0588. The third kappa shape index (κ3) is 2.74. The second-order valence-electron chi connectivity index (χ2n) is 4.62. The summed E-state index contributed by atoms with van der Waals surface area (Å²) in [5.41, 5.74) is 2.96. The first kappa shape index (κ1) is 14.7. The van der Waals surface area contributed by atoms with Crippen LogP contribution in [0.15, 0.2) is 59.5 Å². The van der Waals surface area contributed by atoms with E-state index in [0.717, 1.165) is 16.9 Å². The lowest BCUT2D eigenvalue weighted by Crippen LogP contribution is -2.00. The molecule has 2 aromatic carbocycles. The summed E-state index contributed by atoms with van der Waals surface area (Å²) in [6.07, 6.45) is 2.04. The molecular weight excluding hydrogens is 314 g/mol. The molecule has 1 aromatic heterocycles. The summed E-state index contributed by atoms with van der Waals surface area (Å²) in [7, 11) is 0. The number of nitriles is 1. The van der Waals surface area contributed by atoms with Crippen molar-refractivity contribution >= 4 is 23.4 Å². The van der Waals surface area contributed by atoms with Crippen LogP contribution in [0, 0.1) is 11.3 Å². The Hall–Kier alpha value is -2.22. The predicted molar refractivity (Wildman–Crippen MR) is 90.5 cm³/mol. The zero-order valence-corrected chi connectivity index (χ0v) is 13.4. The molecule has 0 aliphatic heterocycles. The number of halogens is 1. The molecule has 0 saturated heterocycles. The Labute approximate surface area is 138 Å². The number of thioether (sulfide) groups is 1. The first-order chi connectivity index (χ1) is 10.7. The van der Waals surface area contributed by atoms with Crippen molar-refractivity contribution in [1.82, 2.24) is 9.78 Å². The quantitative estimate of drug-likeness (QED) is 0.650. The van der Waals surface area contributed by atoms with Crippen LogP contribution in [0.1, 0.15) is 5.69 Å². The summed E-state index contributed by atoms with van der Waals surface area (Å²) in [6.45, 7) is 0. The normalized spacial score (nSPS) is 10.4. The van der Waals surface area contributed by atoms with Crippen molar-refractivity contribution in [2.75, 3.05) is 6.26 Å². The molecule has 0 radical (unpaired) electrons. The van der Waals surface area contributed by atoms with E-state index in [1.165, 1.54) is 4.90 Å². The maximum absolute atomic E-state index is 9.16. The van der Waals surface area contributed by atoms with Crippen molar-refractivity contribution in [3.8, 4) is 23.0 Å². The summed E-state index contributed by atoms with van der Waals surface area (Å²) in [6, 6.07) is 19.5. The van der Waals surface area contributed by atoms with E-state index in [1.54, 1.807) is 22.5 Å². The summed E-state index contributed by atoms with van der Waals surface area (Å²) in [5, 5.41) is 14.1. The van der Waals surface area contributed by atoms with Gasteiger partial charge < -0.3 is 0 Å². The Morgan fingerprint density at radius 3 is 2.50 bits per heavy atom. The lowest BCUT2D eigenvalue weighted by atomic mass is 10.1. The highest BCUT2D eigenvalue weighted by molar-refractivity contribution is 7.98. The average Bonchev–Trinajstić information content (AvgIpc) is 2.99. The number of hydrogen-bond donors (Lipinski definition) is 0. The van der Waals surface area contributed by atoms with Gasteiger partial charge in [-0.3, -0.25) is 0 Å². The van der Waals surface area contributed by atoms with Gasteiger partial charge in [-0.05, 0) is 30.5 Å². The van der Waals surface area contributed by atoms with E-state index < -0.39 is 0 Å². The molecule has 0 aliphatic rings. The highest BCUT2D eigenvalue weighted by Gasteiger charge is 2.13. The molecule has 108 valence electrons. The fourth-order valence-corrected chi connectivity index (χ4v) is 2.83. The third-order valence-electron chi connectivity index (χ3n) is 3.29. The Kier molecular flexibility index (Phi) is 4.19. The molecule has 0 N–H and O–H groups in total. The molecular formula is C17H12ClN3S. The Bertz CT molecular complexity index is 847. The third-order valence-corrected chi connectivity index (χ3v) is 4.35. The van der Waals surface area contributed by atoms with Crippen LogP contribution in [0.4, 0.5) is 0 Å². The van der Waals surface area contributed by atoms with Gasteiger partial charge in [0.2, 0.25) is 0 Å². The van der Waals surface area contributed by atoms with E-state index in [4.69, 9.17) is 16.9 Å². The first-order valence-electron chi connectivity index (χ1n) is 6.62. The van der Waals surface area contributed by atoms with Gasteiger partial charge in [-0.1, -0.05) is 35.9 Å². The largest absolute Gasteiger partial charge is 0.230 e. The zero-order chi connectivity index (χ0) is 15.5. The van der Waals surface area contributed by atoms with Crippen molar-refractivity contribution in [2.24, 2.45) is 0 Å². The minimum atomic E-state index is 0.365. The number of benzene rings is 2.